The predicted molar refractivity (Wildman–Crippen MR) is 83.0 cm³/mol. The second-order valence-electron chi connectivity index (χ2n) is 6.27. The topological polar surface area (TPSA) is 29.5 Å². The maximum absolute atomic E-state index is 12.5. The molecule has 1 amide bonds. The Morgan fingerprint density at radius 1 is 1.24 bits per heavy atom. The first kappa shape index (κ1) is 14.6. The van der Waals surface area contributed by atoms with Crippen LogP contribution in [-0.4, -0.2) is 36.6 Å². The number of amides is 1. The number of aryl methyl sites for hydroxylation is 1. The van der Waals surface area contributed by atoms with Crippen LogP contribution >= 0.6 is 0 Å². The van der Waals surface area contributed by atoms with Crippen LogP contribution in [0.1, 0.15) is 37.7 Å². The van der Waals surface area contributed by atoms with Crippen LogP contribution in [0.3, 0.4) is 0 Å². The van der Waals surface area contributed by atoms with Crippen LogP contribution in [0.25, 0.3) is 0 Å². The summed E-state index contributed by atoms with van der Waals surface area (Å²) in [6.07, 6.45) is 6.66. The first-order valence-electron chi connectivity index (χ1n) is 8.27. The van der Waals surface area contributed by atoms with Gasteiger partial charge in [0.2, 0.25) is 5.91 Å². The van der Waals surface area contributed by atoms with E-state index >= 15 is 0 Å². The van der Waals surface area contributed by atoms with Gasteiger partial charge in [-0.3, -0.25) is 4.79 Å². The van der Waals surface area contributed by atoms with Gasteiger partial charge in [-0.25, -0.2) is 0 Å². The Balaban J connectivity index is 1.49. The van der Waals surface area contributed by atoms with Crippen molar-refractivity contribution in [2.24, 2.45) is 5.92 Å². The van der Waals surface area contributed by atoms with E-state index in [0.29, 0.717) is 18.6 Å². The Hall–Kier alpha value is -1.35. The molecule has 2 fully saturated rings. The molecule has 2 aliphatic heterocycles. The summed E-state index contributed by atoms with van der Waals surface area (Å²) < 4.78 is 5.36. The lowest BCUT2D eigenvalue weighted by atomic mass is 10.0. The number of hydrogen-bond acceptors (Lipinski definition) is 2. The lowest BCUT2D eigenvalue weighted by Crippen LogP contribution is -2.39. The molecule has 1 aromatic rings. The van der Waals surface area contributed by atoms with Gasteiger partial charge >= 0.3 is 0 Å². The van der Waals surface area contributed by atoms with Gasteiger partial charge < -0.3 is 9.64 Å². The Morgan fingerprint density at radius 3 is 2.86 bits per heavy atom. The quantitative estimate of drug-likeness (QED) is 0.833. The van der Waals surface area contributed by atoms with Gasteiger partial charge in [-0.05, 0) is 44.1 Å². The molecule has 3 rings (SSSR count). The van der Waals surface area contributed by atoms with Crippen molar-refractivity contribution in [1.82, 2.24) is 4.90 Å². The standard InChI is InChI=1S/C18H25NO2/c20-18(16-11-13-21-14-16)19-12-5-10-17(19)9-4-8-15-6-2-1-3-7-15/h1-3,6-7,16-17H,4-5,8-14H2. The van der Waals surface area contributed by atoms with Gasteiger partial charge in [-0.2, -0.15) is 0 Å². The molecule has 2 saturated heterocycles. The number of hydrogen-bond donors (Lipinski definition) is 0. The third-order valence-corrected chi connectivity index (χ3v) is 4.78. The maximum Gasteiger partial charge on any atom is 0.228 e. The van der Waals surface area contributed by atoms with E-state index in [0.717, 1.165) is 38.8 Å². The van der Waals surface area contributed by atoms with Crippen molar-refractivity contribution in [2.75, 3.05) is 19.8 Å². The molecule has 3 nitrogen and oxygen atoms in total. The summed E-state index contributed by atoms with van der Waals surface area (Å²) in [5.74, 6) is 0.467. The molecule has 21 heavy (non-hydrogen) atoms. The predicted octanol–water partition coefficient (Wildman–Crippen LogP) is 3.04. The molecule has 0 spiro atoms. The number of ether oxygens (including phenoxy) is 1. The van der Waals surface area contributed by atoms with E-state index in [1.807, 2.05) is 0 Å². The van der Waals surface area contributed by atoms with Crippen molar-refractivity contribution in [3.05, 3.63) is 35.9 Å². The van der Waals surface area contributed by atoms with E-state index < -0.39 is 0 Å². The third kappa shape index (κ3) is 3.65. The molecule has 2 heterocycles. The summed E-state index contributed by atoms with van der Waals surface area (Å²) in [5.41, 5.74) is 1.40. The smallest absolute Gasteiger partial charge is 0.228 e. The van der Waals surface area contributed by atoms with Gasteiger partial charge in [-0.15, -0.1) is 0 Å². The molecule has 0 N–H and O–H groups in total. The second-order valence-corrected chi connectivity index (χ2v) is 6.27. The second kappa shape index (κ2) is 7.08. The summed E-state index contributed by atoms with van der Waals surface area (Å²) in [7, 11) is 0. The van der Waals surface area contributed by atoms with Crippen LogP contribution in [-0.2, 0) is 16.0 Å². The number of likely N-dealkylation sites (tertiary alicyclic amines) is 1. The van der Waals surface area contributed by atoms with E-state index in [-0.39, 0.29) is 5.92 Å². The highest BCUT2D eigenvalue weighted by molar-refractivity contribution is 5.79. The van der Waals surface area contributed by atoms with E-state index in [4.69, 9.17) is 4.74 Å². The monoisotopic (exact) mass is 287 g/mol. The Kier molecular flexibility index (Phi) is 4.91. The molecular formula is C18H25NO2. The highest BCUT2D eigenvalue weighted by atomic mass is 16.5. The van der Waals surface area contributed by atoms with E-state index in [2.05, 4.69) is 35.2 Å². The molecule has 2 unspecified atom stereocenters. The largest absolute Gasteiger partial charge is 0.381 e. The van der Waals surface area contributed by atoms with Crippen LogP contribution in [0.15, 0.2) is 30.3 Å². The molecule has 0 aromatic heterocycles. The summed E-state index contributed by atoms with van der Waals surface area (Å²) in [6, 6.07) is 11.1. The normalized spacial score (nSPS) is 25.4. The maximum atomic E-state index is 12.5. The lowest BCUT2D eigenvalue weighted by molar-refractivity contribution is -0.136. The number of carbonyl (C=O) groups excluding carboxylic acids is 1. The van der Waals surface area contributed by atoms with Crippen molar-refractivity contribution in [3.8, 4) is 0 Å². The summed E-state index contributed by atoms with van der Waals surface area (Å²) in [6.45, 7) is 2.33. The SMILES string of the molecule is O=C(C1CCOC1)N1CCCC1CCCc1ccccc1. The highest BCUT2D eigenvalue weighted by Crippen LogP contribution is 2.26. The summed E-state index contributed by atoms with van der Waals surface area (Å²) >= 11 is 0. The molecule has 114 valence electrons. The molecule has 3 heteroatoms. The Bertz CT molecular complexity index is 454. The average Bonchev–Trinajstić information content (AvgIpc) is 3.19. The van der Waals surface area contributed by atoms with E-state index in [1.54, 1.807) is 0 Å². The molecule has 0 saturated carbocycles. The van der Waals surface area contributed by atoms with Crippen molar-refractivity contribution >= 4 is 5.91 Å². The van der Waals surface area contributed by atoms with Gasteiger partial charge in [0, 0.05) is 19.2 Å². The van der Waals surface area contributed by atoms with Crippen molar-refractivity contribution in [1.29, 1.82) is 0 Å². The van der Waals surface area contributed by atoms with E-state index in [1.165, 1.54) is 18.4 Å². The zero-order chi connectivity index (χ0) is 14.5. The van der Waals surface area contributed by atoms with Crippen LogP contribution in [0.2, 0.25) is 0 Å². The molecule has 2 aliphatic rings. The van der Waals surface area contributed by atoms with Crippen LogP contribution in [0.5, 0.6) is 0 Å². The molecule has 0 aliphatic carbocycles. The number of benzene rings is 1. The Labute approximate surface area is 127 Å². The average molecular weight is 287 g/mol. The van der Waals surface area contributed by atoms with Gasteiger partial charge in [-0.1, -0.05) is 30.3 Å². The molecule has 2 atom stereocenters. The summed E-state index contributed by atoms with van der Waals surface area (Å²) in [5, 5.41) is 0. The fourth-order valence-electron chi connectivity index (χ4n) is 3.58. The van der Waals surface area contributed by atoms with Crippen molar-refractivity contribution in [2.45, 2.75) is 44.6 Å². The van der Waals surface area contributed by atoms with Crippen LogP contribution in [0, 0.1) is 5.92 Å². The number of carbonyl (C=O) groups is 1. The first-order valence-corrected chi connectivity index (χ1v) is 8.27. The highest BCUT2D eigenvalue weighted by Gasteiger charge is 2.34. The van der Waals surface area contributed by atoms with Gasteiger partial charge in [0.25, 0.3) is 0 Å². The minimum absolute atomic E-state index is 0.125. The van der Waals surface area contributed by atoms with Crippen molar-refractivity contribution in [3.63, 3.8) is 0 Å². The minimum atomic E-state index is 0.125. The lowest BCUT2D eigenvalue weighted by Gasteiger charge is -2.27. The van der Waals surface area contributed by atoms with Crippen LogP contribution < -0.4 is 0 Å². The van der Waals surface area contributed by atoms with Crippen molar-refractivity contribution < 1.29 is 9.53 Å². The number of rotatable bonds is 5. The summed E-state index contributed by atoms with van der Waals surface area (Å²) in [4.78, 5) is 14.7. The molecular weight excluding hydrogens is 262 g/mol. The fourth-order valence-corrected chi connectivity index (χ4v) is 3.58. The zero-order valence-corrected chi connectivity index (χ0v) is 12.7. The van der Waals surface area contributed by atoms with Gasteiger partial charge in [0.15, 0.2) is 0 Å². The van der Waals surface area contributed by atoms with Crippen LogP contribution in [0.4, 0.5) is 0 Å². The molecule has 0 radical (unpaired) electrons. The van der Waals surface area contributed by atoms with Gasteiger partial charge in [0.05, 0.1) is 12.5 Å². The fraction of sp³-hybridized carbons (Fsp3) is 0.611. The Morgan fingerprint density at radius 2 is 2.10 bits per heavy atom. The zero-order valence-electron chi connectivity index (χ0n) is 12.7. The third-order valence-electron chi connectivity index (χ3n) is 4.78. The number of nitrogens with zero attached hydrogens (tertiary/aromatic N) is 1. The minimum Gasteiger partial charge on any atom is -0.381 e. The van der Waals surface area contributed by atoms with E-state index in [9.17, 15) is 4.79 Å². The van der Waals surface area contributed by atoms with Gasteiger partial charge in [0.1, 0.15) is 0 Å². The molecule has 0 bridgehead atoms. The first-order chi connectivity index (χ1) is 10.3. The molecule has 1 aromatic carbocycles.